The molecule has 2 heterocycles. The molecule has 4 aromatic rings. The van der Waals surface area contributed by atoms with E-state index in [0.717, 1.165) is 11.1 Å². The maximum Gasteiger partial charge on any atom is 0.338 e. The zero-order valence-electron chi connectivity index (χ0n) is 21.8. The van der Waals surface area contributed by atoms with Crippen molar-refractivity contribution in [3.8, 4) is 0 Å². The SMILES string of the molecule is O=C(O)c1cccnc1SC[C@@H]1C[C@H](c2ccc(CO)cc2)O[C@H](c2ccc(NS(=O)(=O)c3ccccc3)cc2)O1. The summed E-state index contributed by atoms with van der Waals surface area (Å²) in [6.45, 7) is -0.0623. The summed E-state index contributed by atoms with van der Waals surface area (Å²) in [5, 5.41) is 19.4. The van der Waals surface area contributed by atoms with Crippen molar-refractivity contribution in [2.75, 3.05) is 10.5 Å². The highest BCUT2D eigenvalue weighted by Crippen LogP contribution is 2.39. The van der Waals surface area contributed by atoms with Gasteiger partial charge in [-0.05, 0) is 47.5 Å². The molecule has 1 fully saturated rings. The molecule has 0 unspecified atom stereocenters. The van der Waals surface area contributed by atoms with Crippen molar-refractivity contribution in [1.82, 2.24) is 4.98 Å². The van der Waals surface area contributed by atoms with Gasteiger partial charge in [-0.2, -0.15) is 0 Å². The van der Waals surface area contributed by atoms with Crippen LogP contribution in [0.2, 0.25) is 0 Å². The number of ether oxygens (including phenoxy) is 2. The number of nitrogens with one attached hydrogen (secondary N) is 1. The molecule has 1 aliphatic heterocycles. The third-order valence-electron chi connectivity index (χ3n) is 6.51. The van der Waals surface area contributed by atoms with Crippen LogP contribution in [0.4, 0.5) is 5.69 Å². The molecule has 0 radical (unpaired) electrons. The molecular weight excluding hydrogens is 564 g/mol. The predicted molar refractivity (Wildman–Crippen MR) is 154 cm³/mol. The van der Waals surface area contributed by atoms with Gasteiger partial charge in [-0.15, -0.1) is 11.8 Å². The van der Waals surface area contributed by atoms with Gasteiger partial charge in [0.15, 0.2) is 6.29 Å². The van der Waals surface area contributed by atoms with E-state index >= 15 is 0 Å². The maximum atomic E-state index is 12.7. The molecule has 3 atom stereocenters. The molecular formula is C30H28N2O7S2. The van der Waals surface area contributed by atoms with Crippen LogP contribution in [0.15, 0.2) is 107 Å². The Labute approximate surface area is 242 Å². The molecule has 0 amide bonds. The van der Waals surface area contributed by atoms with Gasteiger partial charge in [0.25, 0.3) is 10.0 Å². The Morgan fingerprint density at radius 2 is 1.63 bits per heavy atom. The van der Waals surface area contributed by atoms with Crippen molar-refractivity contribution in [3.05, 3.63) is 119 Å². The second-order valence-electron chi connectivity index (χ2n) is 9.36. The minimum atomic E-state index is -3.73. The van der Waals surface area contributed by atoms with Gasteiger partial charge in [0.05, 0.1) is 29.3 Å². The monoisotopic (exact) mass is 592 g/mol. The second kappa shape index (κ2) is 12.8. The topological polar surface area (TPSA) is 135 Å². The first kappa shape index (κ1) is 28.8. The van der Waals surface area contributed by atoms with Crippen LogP contribution >= 0.6 is 11.8 Å². The number of rotatable bonds is 10. The van der Waals surface area contributed by atoms with Crippen LogP contribution in [0.3, 0.4) is 0 Å². The first-order valence-corrected chi connectivity index (χ1v) is 15.3. The lowest BCUT2D eigenvalue weighted by molar-refractivity contribution is -0.245. The number of anilines is 1. The fourth-order valence-corrected chi connectivity index (χ4v) is 6.47. The average Bonchev–Trinajstić information content (AvgIpc) is 3.00. The lowest BCUT2D eigenvalue weighted by Crippen LogP contribution is -2.31. The number of aromatic carboxylic acids is 1. The summed E-state index contributed by atoms with van der Waals surface area (Å²) in [4.78, 5) is 16.0. The van der Waals surface area contributed by atoms with E-state index in [-0.39, 0.29) is 29.3 Å². The zero-order chi connectivity index (χ0) is 28.8. The number of hydrogen-bond acceptors (Lipinski definition) is 8. The number of aromatic nitrogens is 1. The Hall–Kier alpha value is -3.74. The van der Waals surface area contributed by atoms with Crippen molar-refractivity contribution in [1.29, 1.82) is 0 Å². The van der Waals surface area contributed by atoms with E-state index in [1.807, 2.05) is 24.3 Å². The zero-order valence-corrected chi connectivity index (χ0v) is 23.4. The number of pyridine rings is 1. The van der Waals surface area contributed by atoms with Crippen LogP contribution in [0.25, 0.3) is 0 Å². The number of hydrogen-bond donors (Lipinski definition) is 3. The molecule has 0 saturated carbocycles. The third-order valence-corrected chi connectivity index (χ3v) is 9.05. The number of carboxylic acids is 1. The summed E-state index contributed by atoms with van der Waals surface area (Å²) >= 11 is 1.31. The Kier molecular flexibility index (Phi) is 9.01. The van der Waals surface area contributed by atoms with Gasteiger partial charge < -0.3 is 19.7 Å². The van der Waals surface area contributed by atoms with Crippen LogP contribution in [-0.4, -0.2) is 41.4 Å². The molecule has 11 heteroatoms. The van der Waals surface area contributed by atoms with E-state index in [4.69, 9.17) is 9.47 Å². The molecule has 0 spiro atoms. The van der Waals surface area contributed by atoms with Gasteiger partial charge in [-0.3, -0.25) is 4.72 Å². The van der Waals surface area contributed by atoms with Crippen molar-refractivity contribution in [2.45, 2.75) is 41.4 Å². The van der Waals surface area contributed by atoms with Gasteiger partial charge in [-0.25, -0.2) is 18.2 Å². The normalized spacial score (nSPS) is 19.0. The number of carbonyl (C=O) groups is 1. The Bertz CT molecular complexity index is 1580. The first-order chi connectivity index (χ1) is 19.8. The molecule has 1 aromatic heterocycles. The van der Waals surface area contributed by atoms with E-state index in [0.29, 0.717) is 28.5 Å². The molecule has 0 bridgehead atoms. The predicted octanol–water partition coefficient (Wildman–Crippen LogP) is 5.41. The Morgan fingerprint density at radius 1 is 0.927 bits per heavy atom. The largest absolute Gasteiger partial charge is 0.478 e. The molecule has 9 nitrogen and oxygen atoms in total. The number of benzene rings is 3. The van der Waals surface area contributed by atoms with Gasteiger partial charge in [0.2, 0.25) is 0 Å². The van der Waals surface area contributed by atoms with Crippen LogP contribution in [0, 0.1) is 0 Å². The van der Waals surface area contributed by atoms with Crippen LogP contribution in [0.1, 0.15) is 45.9 Å². The lowest BCUT2D eigenvalue weighted by Gasteiger charge is -2.36. The molecule has 1 aliphatic rings. The quantitative estimate of drug-likeness (QED) is 0.207. The second-order valence-corrected chi connectivity index (χ2v) is 12.1. The number of aliphatic hydroxyl groups excluding tert-OH is 1. The number of sulfonamides is 1. The first-order valence-electron chi connectivity index (χ1n) is 12.8. The van der Waals surface area contributed by atoms with Crippen molar-refractivity contribution >= 4 is 33.4 Å². The van der Waals surface area contributed by atoms with Gasteiger partial charge in [-0.1, -0.05) is 54.6 Å². The van der Waals surface area contributed by atoms with E-state index < -0.39 is 22.3 Å². The van der Waals surface area contributed by atoms with Gasteiger partial charge >= 0.3 is 5.97 Å². The van der Waals surface area contributed by atoms with Gasteiger partial charge in [0, 0.05) is 29.6 Å². The van der Waals surface area contributed by atoms with Crippen LogP contribution < -0.4 is 4.72 Å². The molecule has 3 N–H and O–H groups in total. The van der Waals surface area contributed by atoms with Gasteiger partial charge in [0.1, 0.15) is 5.03 Å². The highest BCUT2D eigenvalue weighted by atomic mass is 32.2. The van der Waals surface area contributed by atoms with Crippen molar-refractivity contribution in [3.63, 3.8) is 0 Å². The lowest BCUT2D eigenvalue weighted by atomic mass is 10.0. The molecule has 0 aliphatic carbocycles. The van der Waals surface area contributed by atoms with E-state index in [9.17, 15) is 23.4 Å². The summed E-state index contributed by atoms with van der Waals surface area (Å²) in [7, 11) is -3.73. The maximum absolute atomic E-state index is 12.7. The fourth-order valence-electron chi connectivity index (χ4n) is 4.39. The molecule has 212 valence electrons. The summed E-state index contributed by atoms with van der Waals surface area (Å²) < 4.78 is 40.7. The van der Waals surface area contributed by atoms with Crippen molar-refractivity contribution < 1.29 is 32.9 Å². The summed E-state index contributed by atoms with van der Waals surface area (Å²) in [5.41, 5.74) is 2.93. The minimum absolute atomic E-state index is 0.0623. The minimum Gasteiger partial charge on any atom is -0.478 e. The Balaban J connectivity index is 1.35. The standard InChI is InChI=1S/C30H28N2O7S2/c33-18-20-8-10-21(11-9-20)27-17-24(19-40-28-26(29(34)35)7-4-16-31-28)38-30(39-27)22-12-14-23(15-13-22)32-41(36,37)25-5-2-1-3-6-25/h1-16,24,27,30,32-33H,17-19H2,(H,34,35)/t24-,27+,30+/m0/s1. The summed E-state index contributed by atoms with van der Waals surface area (Å²) in [6, 6.07) is 25.5. The van der Waals surface area contributed by atoms with E-state index in [1.54, 1.807) is 54.7 Å². The van der Waals surface area contributed by atoms with Crippen LogP contribution in [0.5, 0.6) is 0 Å². The fraction of sp³-hybridized carbons (Fsp3) is 0.200. The molecule has 5 rings (SSSR count). The highest BCUT2D eigenvalue weighted by Gasteiger charge is 2.32. The third kappa shape index (κ3) is 7.13. The number of carboxylic acid groups (broad SMARTS) is 1. The van der Waals surface area contributed by atoms with Crippen LogP contribution in [-0.2, 0) is 26.1 Å². The number of aliphatic hydroxyl groups is 1. The number of nitrogens with zero attached hydrogens (tertiary/aromatic N) is 1. The molecule has 1 saturated heterocycles. The van der Waals surface area contributed by atoms with Crippen molar-refractivity contribution in [2.24, 2.45) is 0 Å². The van der Waals surface area contributed by atoms with E-state index in [1.165, 1.54) is 30.0 Å². The molecule has 3 aromatic carbocycles. The highest BCUT2D eigenvalue weighted by molar-refractivity contribution is 7.99. The Morgan fingerprint density at radius 3 is 2.32 bits per heavy atom. The van der Waals surface area contributed by atoms with E-state index in [2.05, 4.69) is 9.71 Å². The summed E-state index contributed by atoms with van der Waals surface area (Å²) in [6.07, 6.45) is 0.694. The number of thioether (sulfide) groups is 1. The smallest absolute Gasteiger partial charge is 0.338 e. The summed E-state index contributed by atoms with van der Waals surface area (Å²) in [5.74, 6) is -0.603. The molecule has 41 heavy (non-hydrogen) atoms. The average molecular weight is 593 g/mol.